The third kappa shape index (κ3) is 3.08. The van der Waals surface area contributed by atoms with Crippen LogP contribution < -0.4 is 0 Å². The normalized spacial score (nSPS) is 10.1. The van der Waals surface area contributed by atoms with Crippen molar-refractivity contribution < 1.29 is 34.5 Å². The number of carboxylic acids is 3. The maximum absolute atomic E-state index is 12.5. The number of aromatic carboxylic acids is 3. The van der Waals surface area contributed by atoms with Gasteiger partial charge >= 0.3 is 17.9 Å². The molecule has 0 aliphatic rings. The molecule has 0 aliphatic heterocycles. The highest BCUT2D eigenvalue weighted by Gasteiger charge is 2.24. The summed E-state index contributed by atoms with van der Waals surface area (Å²) in [6.45, 7) is 0. The predicted octanol–water partition coefficient (Wildman–Crippen LogP) is 2.01. The zero-order valence-electron chi connectivity index (χ0n) is 11.5. The van der Waals surface area contributed by atoms with Crippen molar-refractivity contribution >= 4 is 23.7 Å². The zero-order valence-corrected chi connectivity index (χ0v) is 11.5. The number of carboxylic acid groups (broad SMARTS) is 3. The summed E-state index contributed by atoms with van der Waals surface area (Å²) < 4.78 is 0. The minimum absolute atomic E-state index is 0.0464. The minimum atomic E-state index is -1.55. The van der Waals surface area contributed by atoms with Crippen LogP contribution in [0.25, 0.3) is 0 Å². The van der Waals surface area contributed by atoms with Gasteiger partial charge in [0.05, 0.1) is 16.7 Å². The van der Waals surface area contributed by atoms with Gasteiger partial charge in [-0.25, -0.2) is 14.4 Å². The molecular formula is C16H10O7. The molecule has 2 aromatic carbocycles. The third-order valence-corrected chi connectivity index (χ3v) is 3.13. The molecule has 7 heteroatoms. The van der Waals surface area contributed by atoms with E-state index in [-0.39, 0.29) is 16.7 Å². The van der Waals surface area contributed by atoms with Crippen molar-refractivity contribution in [1.29, 1.82) is 0 Å². The number of rotatable bonds is 5. The topological polar surface area (TPSA) is 129 Å². The molecule has 116 valence electrons. The van der Waals surface area contributed by atoms with Crippen LogP contribution in [0.2, 0.25) is 0 Å². The molecule has 0 aromatic heterocycles. The highest BCUT2D eigenvalue weighted by molar-refractivity contribution is 6.17. The van der Waals surface area contributed by atoms with Crippen LogP contribution in [0.1, 0.15) is 47.0 Å². The van der Waals surface area contributed by atoms with Crippen LogP contribution in [-0.2, 0) is 0 Å². The smallest absolute Gasteiger partial charge is 0.337 e. The fraction of sp³-hybridized carbons (Fsp3) is 0. The molecule has 23 heavy (non-hydrogen) atoms. The Kier molecular flexibility index (Phi) is 4.22. The Morgan fingerprint density at radius 2 is 1.22 bits per heavy atom. The van der Waals surface area contributed by atoms with Gasteiger partial charge in [0.15, 0.2) is 5.78 Å². The van der Waals surface area contributed by atoms with E-state index in [0.717, 1.165) is 12.1 Å². The third-order valence-electron chi connectivity index (χ3n) is 3.13. The van der Waals surface area contributed by atoms with Gasteiger partial charge in [-0.2, -0.15) is 0 Å². The van der Waals surface area contributed by atoms with E-state index >= 15 is 0 Å². The monoisotopic (exact) mass is 314 g/mol. The first kappa shape index (κ1) is 15.9. The van der Waals surface area contributed by atoms with E-state index in [4.69, 9.17) is 10.2 Å². The van der Waals surface area contributed by atoms with Crippen LogP contribution in [0.3, 0.4) is 0 Å². The molecule has 2 aromatic rings. The van der Waals surface area contributed by atoms with E-state index in [0.29, 0.717) is 0 Å². The number of hydrogen-bond acceptors (Lipinski definition) is 4. The lowest BCUT2D eigenvalue weighted by molar-refractivity contribution is 0.0649. The molecule has 0 heterocycles. The second-order valence-corrected chi connectivity index (χ2v) is 4.55. The summed E-state index contributed by atoms with van der Waals surface area (Å²) in [5, 5.41) is 27.2. The Balaban J connectivity index is 2.62. The van der Waals surface area contributed by atoms with E-state index in [1.807, 2.05) is 0 Å². The van der Waals surface area contributed by atoms with Crippen LogP contribution in [0, 0.1) is 0 Å². The molecule has 0 fully saturated rings. The summed E-state index contributed by atoms with van der Waals surface area (Å²) in [6.07, 6.45) is 0. The molecule has 3 N–H and O–H groups in total. The van der Waals surface area contributed by atoms with Crippen molar-refractivity contribution in [2.24, 2.45) is 0 Å². The first-order valence-electron chi connectivity index (χ1n) is 6.30. The first-order chi connectivity index (χ1) is 10.8. The lowest BCUT2D eigenvalue weighted by Gasteiger charge is -2.08. The van der Waals surface area contributed by atoms with E-state index in [9.17, 15) is 24.3 Å². The van der Waals surface area contributed by atoms with Crippen molar-refractivity contribution in [2.45, 2.75) is 0 Å². The molecule has 0 spiro atoms. The number of benzene rings is 2. The molecule has 0 amide bonds. The minimum Gasteiger partial charge on any atom is -0.478 e. The van der Waals surface area contributed by atoms with Crippen molar-refractivity contribution in [3.63, 3.8) is 0 Å². The number of carbonyl (C=O) groups is 4. The highest BCUT2D eigenvalue weighted by atomic mass is 16.4. The van der Waals surface area contributed by atoms with Crippen molar-refractivity contribution in [3.05, 3.63) is 70.3 Å². The average Bonchev–Trinajstić information content (AvgIpc) is 2.53. The molecule has 0 radical (unpaired) electrons. The van der Waals surface area contributed by atoms with Gasteiger partial charge in [0.2, 0.25) is 0 Å². The number of hydrogen-bond donors (Lipinski definition) is 3. The summed E-state index contributed by atoms with van der Waals surface area (Å²) in [6, 6.07) is 8.58. The van der Waals surface area contributed by atoms with Gasteiger partial charge in [-0.1, -0.05) is 24.3 Å². The van der Waals surface area contributed by atoms with Crippen LogP contribution in [0.4, 0.5) is 0 Å². The SMILES string of the molecule is O=C(O)c1cccc(C(=O)c2cccc(C(=O)O)c2C(=O)O)c1. The van der Waals surface area contributed by atoms with Gasteiger partial charge in [0, 0.05) is 11.1 Å². The Morgan fingerprint density at radius 1 is 0.652 bits per heavy atom. The summed E-state index contributed by atoms with van der Waals surface area (Å²) in [4.78, 5) is 45.9. The van der Waals surface area contributed by atoms with E-state index in [1.54, 1.807) is 0 Å². The number of ketones is 1. The van der Waals surface area contributed by atoms with Gasteiger partial charge < -0.3 is 15.3 Å². The fourth-order valence-corrected chi connectivity index (χ4v) is 2.10. The molecule has 0 aliphatic carbocycles. The summed E-state index contributed by atoms with van der Waals surface area (Å²) in [5.74, 6) is -5.04. The zero-order chi connectivity index (χ0) is 17.1. The average molecular weight is 314 g/mol. The standard InChI is InChI=1S/C16H10O7/c17-13(8-3-1-4-9(7-8)14(18)19)10-5-2-6-11(15(20)21)12(10)16(22)23/h1-7H,(H,18,19)(H,20,21)(H,22,23). The van der Waals surface area contributed by atoms with Gasteiger partial charge in [0.1, 0.15) is 0 Å². The Morgan fingerprint density at radius 3 is 1.78 bits per heavy atom. The van der Waals surface area contributed by atoms with Crippen LogP contribution in [0.15, 0.2) is 42.5 Å². The first-order valence-corrected chi connectivity index (χ1v) is 6.30. The molecule has 0 saturated carbocycles. The molecule has 7 nitrogen and oxygen atoms in total. The number of carbonyl (C=O) groups excluding carboxylic acids is 1. The van der Waals surface area contributed by atoms with Crippen LogP contribution >= 0.6 is 0 Å². The quantitative estimate of drug-likeness (QED) is 0.720. The van der Waals surface area contributed by atoms with Crippen molar-refractivity contribution in [2.75, 3.05) is 0 Å². The van der Waals surface area contributed by atoms with Gasteiger partial charge in [-0.15, -0.1) is 0 Å². The lowest BCUT2D eigenvalue weighted by Crippen LogP contribution is -2.15. The van der Waals surface area contributed by atoms with Crippen molar-refractivity contribution in [3.8, 4) is 0 Å². The largest absolute Gasteiger partial charge is 0.478 e. The second kappa shape index (κ2) is 6.10. The fourth-order valence-electron chi connectivity index (χ4n) is 2.10. The van der Waals surface area contributed by atoms with E-state index in [2.05, 4.69) is 0 Å². The molecule has 0 unspecified atom stereocenters. The maximum Gasteiger partial charge on any atom is 0.337 e. The lowest BCUT2D eigenvalue weighted by atomic mass is 9.94. The van der Waals surface area contributed by atoms with Crippen molar-refractivity contribution in [1.82, 2.24) is 0 Å². The Bertz CT molecular complexity index is 836. The van der Waals surface area contributed by atoms with Crippen LogP contribution in [0.5, 0.6) is 0 Å². The van der Waals surface area contributed by atoms with E-state index < -0.39 is 34.8 Å². The maximum atomic E-state index is 12.5. The Labute approximate surface area is 129 Å². The molecule has 2 rings (SSSR count). The molecule has 0 bridgehead atoms. The highest BCUT2D eigenvalue weighted by Crippen LogP contribution is 2.20. The summed E-state index contributed by atoms with van der Waals surface area (Å²) in [5.41, 5.74) is -1.65. The molecule has 0 saturated heterocycles. The van der Waals surface area contributed by atoms with E-state index in [1.165, 1.54) is 30.3 Å². The summed E-state index contributed by atoms with van der Waals surface area (Å²) in [7, 11) is 0. The summed E-state index contributed by atoms with van der Waals surface area (Å²) >= 11 is 0. The second-order valence-electron chi connectivity index (χ2n) is 4.55. The Hall–Kier alpha value is -3.48. The van der Waals surface area contributed by atoms with Gasteiger partial charge in [-0.05, 0) is 18.2 Å². The molecule has 0 atom stereocenters. The predicted molar refractivity (Wildman–Crippen MR) is 77.2 cm³/mol. The van der Waals surface area contributed by atoms with Gasteiger partial charge in [0.25, 0.3) is 0 Å². The van der Waals surface area contributed by atoms with Crippen LogP contribution in [-0.4, -0.2) is 39.0 Å². The molecular weight excluding hydrogens is 304 g/mol. The van der Waals surface area contributed by atoms with Gasteiger partial charge in [-0.3, -0.25) is 4.79 Å².